The van der Waals surface area contributed by atoms with Gasteiger partial charge in [-0.15, -0.1) is 0 Å². The largest absolute Gasteiger partial charge is 0.309 e. The lowest BCUT2D eigenvalue weighted by Gasteiger charge is -2.16. The Kier molecular flexibility index (Phi) is 5.96. The van der Waals surface area contributed by atoms with Gasteiger partial charge in [0, 0.05) is 31.8 Å². The molecule has 0 bridgehead atoms. The Morgan fingerprint density at radius 2 is 0.880 bits per heavy atom. The summed E-state index contributed by atoms with van der Waals surface area (Å²) in [4.78, 5) is 2.58. The van der Waals surface area contributed by atoms with E-state index >= 15 is 0 Å². The minimum Gasteiger partial charge on any atom is -0.309 e. The third-order valence-electron chi connectivity index (χ3n) is 10.6. The van der Waals surface area contributed by atoms with E-state index in [9.17, 15) is 0 Å². The lowest BCUT2D eigenvalue weighted by molar-refractivity contribution is 1.18. The Morgan fingerprint density at radius 1 is 0.340 bits per heavy atom. The van der Waals surface area contributed by atoms with Gasteiger partial charge in [-0.3, -0.25) is 0 Å². The van der Waals surface area contributed by atoms with Crippen LogP contribution in [0, 0.1) is 0 Å². The highest BCUT2D eigenvalue weighted by Crippen LogP contribution is 2.51. The molecule has 0 spiro atoms. The van der Waals surface area contributed by atoms with Gasteiger partial charge in [0.05, 0.1) is 11.0 Å². The smallest absolute Gasteiger partial charge is 0.0631 e. The molecule has 9 aromatic carbocycles. The standard InChI is InChI=1S/C48H29NS/c1-2-13-35-33(11-1)34-12-3-4-14-36(34)43-29-31(23-26-38(35)43)30-21-24-32(25-22-30)49-44-19-9-7-16-39(44)42-27-28-46-47(48(42)49)41-18-6-5-15-37(41)40-17-8-10-20-45(40)50-46/h1-29H. The monoisotopic (exact) mass is 651 g/mol. The highest BCUT2D eigenvalue weighted by atomic mass is 32.2. The van der Waals surface area contributed by atoms with E-state index in [2.05, 4.69) is 180 Å². The van der Waals surface area contributed by atoms with Crippen molar-refractivity contribution < 1.29 is 0 Å². The lowest BCUT2D eigenvalue weighted by atomic mass is 9.92. The van der Waals surface area contributed by atoms with Crippen molar-refractivity contribution in [2.75, 3.05) is 0 Å². The first-order chi connectivity index (χ1) is 24.8. The molecule has 232 valence electrons. The van der Waals surface area contributed by atoms with Gasteiger partial charge in [-0.05, 0) is 96.5 Å². The first-order valence-corrected chi connectivity index (χ1v) is 18.0. The molecule has 2 heteroatoms. The van der Waals surface area contributed by atoms with E-state index in [0.29, 0.717) is 0 Å². The van der Waals surface area contributed by atoms with Crippen molar-refractivity contribution in [2.45, 2.75) is 9.79 Å². The normalized spacial score (nSPS) is 12.3. The molecule has 0 radical (unpaired) electrons. The summed E-state index contributed by atoms with van der Waals surface area (Å²) in [7, 11) is 0. The van der Waals surface area contributed by atoms with Gasteiger partial charge in [-0.1, -0.05) is 151 Å². The fourth-order valence-electron chi connectivity index (χ4n) is 8.38. The predicted octanol–water partition coefficient (Wildman–Crippen LogP) is 13.7. The summed E-state index contributed by atoms with van der Waals surface area (Å²) >= 11 is 1.88. The SMILES string of the molecule is c1ccc2c(c1)Sc1ccc3c4ccccc4n(-c4ccc(-c5ccc6c7ccccc7c7ccccc7c6c5)cc4)c3c1-c1ccccc1-2. The van der Waals surface area contributed by atoms with Gasteiger partial charge in [0.1, 0.15) is 0 Å². The minimum absolute atomic E-state index is 1.16. The van der Waals surface area contributed by atoms with E-state index in [4.69, 9.17) is 0 Å². The molecule has 50 heavy (non-hydrogen) atoms. The molecule has 0 saturated heterocycles. The average Bonchev–Trinajstić information content (AvgIpc) is 3.44. The molecule has 0 fully saturated rings. The van der Waals surface area contributed by atoms with Crippen LogP contribution >= 0.6 is 11.8 Å². The van der Waals surface area contributed by atoms with Crippen LogP contribution in [0.1, 0.15) is 0 Å². The van der Waals surface area contributed by atoms with Gasteiger partial charge in [-0.2, -0.15) is 0 Å². The quantitative estimate of drug-likeness (QED) is 0.168. The van der Waals surface area contributed by atoms with Crippen LogP contribution in [0.4, 0.5) is 0 Å². The highest BCUT2D eigenvalue weighted by molar-refractivity contribution is 7.99. The van der Waals surface area contributed by atoms with Crippen molar-refractivity contribution in [2.24, 2.45) is 0 Å². The third kappa shape index (κ3) is 3.97. The summed E-state index contributed by atoms with van der Waals surface area (Å²) < 4.78 is 2.49. The van der Waals surface area contributed by atoms with E-state index in [0.717, 1.165) is 5.69 Å². The van der Waals surface area contributed by atoms with Crippen molar-refractivity contribution in [3.05, 3.63) is 176 Å². The van der Waals surface area contributed by atoms with E-state index in [1.807, 2.05) is 11.8 Å². The molecule has 0 atom stereocenters. The molecule has 1 aliphatic heterocycles. The zero-order valence-electron chi connectivity index (χ0n) is 27.1. The van der Waals surface area contributed by atoms with Crippen LogP contribution in [0.15, 0.2) is 186 Å². The molecule has 1 aromatic heterocycles. The summed E-state index contributed by atoms with van der Waals surface area (Å²) in [5.74, 6) is 0. The zero-order valence-corrected chi connectivity index (χ0v) is 27.9. The topological polar surface area (TPSA) is 4.93 Å². The van der Waals surface area contributed by atoms with Gasteiger partial charge >= 0.3 is 0 Å². The number of hydrogen-bond acceptors (Lipinski definition) is 1. The fourth-order valence-corrected chi connectivity index (χ4v) is 9.49. The van der Waals surface area contributed by atoms with Crippen LogP contribution in [0.3, 0.4) is 0 Å². The molecule has 0 aliphatic carbocycles. The lowest BCUT2D eigenvalue weighted by Crippen LogP contribution is -1.97. The molecule has 1 nitrogen and oxygen atoms in total. The van der Waals surface area contributed by atoms with Crippen molar-refractivity contribution in [3.8, 4) is 39.1 Å². The Labute approximate surface area is 294 Å². The van der Waals surface area contributed by atoms with Crippen molar-refractivity contribution in [1.82, 2.24) is 4.57 Å². The summed E-state index contributed by atoms with van der Waals surface area (Å²) in [6.07, 6.45) is 0. The fraction of sp³-hybridized carbons (Fsp3) is 0. The Bertz CT molecular complexity index is 2970. The van der Waals surface area contributed by atoms with Gasteiger partial charge < -0.3 is 4.57 Å². The van der Waals surface area contributed by atoms with E-state index in [-0.39, 0.29) is 0 Å². The Morgan fingerprint density at radius 3 is 1.62 bits per heavy atom. The highest BCUT2D eigenvalue weighted by Gasteiger charge is 2.25. The van der Waals surface area contributed by atoms with Crippen molar-refractivity contribution >= 4 is 65.9 Å². The van der Waals surface area contributed by atoms with E-state index in [1.165, 1.54) is 97.3 Å². The number of hydrogen-bond donors (Lipinski definition) is 0. The number of benzene rings is 9. The molecular weight excluding hydrogens is 623 g/mol. The molecule has 0 N–H and O–H groups in total. The average molecular weight is 652 g/mol. The van der Waals surface area contributed by atoms with Crippen LogP contribution in [0.5, 0.6) is 0 Å². The van der Waals surface area contributed by atoms with Gasteiger partial charge in [0.2, 0.25) is 0 Å². The maximum absolute atomic E-state index is 2.49. The molecule has 11 rings (SSSR count). The number of fused-ring (bicyclic) bond motifs is 15. The maximum Gasteiger partial charge on any atom is 0.0631 e. The predicted molar refractivity (Wildman–Crippen MR) is 214 cm³/mol. The number of nitrogens with zero attached hydrogens (tertiary/aromatic N) is 1. The summed E-state index contributed by atoms with van der Waals surface area (Å²) in [6.45, 7) is 0. The molecule has 2 heterocycles. The second-order valence-electron chi connectivity index (χ2n) is 13.2. The molecular formula is C48H29NS. The molecule has 10 aromatic rings. The molecule has 0 saturated carbocycles. The van der Waals surface area contributed by atoms with Gasteiger partial charge in [0.15, 0.2) is 0 Å². The Balaban J connectivity index is 1.13. The number of para-hydroxylation sites is 1. The van der Waals surface area contributed by atoms with Gasteiger partial charge in [-0.25, -0.2) is 0 Å². The van der Waals surface area contributed by atoms with E-state index in [1.54, 1.807) is 0 Å². The maximum atomic E-state index is 2.49. The van der Waals surface area contributed by atoms with Crippen LogP contribution in [0.2, 0.25) is 0 Å². The molecule has 0 unspecified atom stereocenters. The van der Waals surface area contributed by atoms with E-state index < -0.39 is 0 Å². The van der Waals surface area contributed by atoms with Gasteiger partial charge in [0.25, 0.3) is 0 Å². The first kappa shape index (κ1) is 27.8. The number of aromatic nitrogens is 1. The molecule has 0 amide bonds. The second kappa shape index (κ2) is 10.7. The first-order valence-electron chi connectivity index (χ1n) is 17.2. The summed E-state index contributed by atoms with van der Waals surface area (Å²) in [6, 6.07) is 65.0. The second-order valence-corrected chi connectivity index (χ2v) is 14.3. The van der Waals surface area contributed by atoms with Crippen molar-refractivity contribution in [1.29, 1.82) is 0 Å². The van der Waals surface area contributed by atoms with Crippen LogP contribution in [0.25, 0.3) is 93.2 Å². The zero-order chi connectivity index (χ0) is 32.8. The van der Waals surface area contributed by atoms with Crippen LogP contribution in [-0.2, 0) is 0 Å². The summed E-state index contributed by atoms with van der Waals surface area (Å²) in [5.41, 5.74) is 11.2. The van der Waals surface area contributed by atoms with Crippen LogP contribution in [-0.4, -0.2) is 4.57 Å². The summed E-state index contributed by atoms with van der Waals surface area (Å²) in [5, 5.41) is 10.3. The van der Waals surface area contributed by atoms with Crippen molar-refractivity contribution in [3.63, 3.8) is 0 Å². The molecule has 1 aliphatic rings. The number of rotatable bonds is 2. The third-order valence-corrected chi connectivity index (χ3v) is 11.7. The Hall–Kier alpha value is -6.09. The van der Waals surface area contributed by atoms with Crippen LogP contribution < -0.4 is 0 Å². The minimum atomic E-state index is 1.16.